The Morgan fingerprint density at radius 3 is 2.92 bits per heavy atom. The SMILES string of the molecule is O=C1NC2(CCN(Cc3ccccn3)CC2)N2CC3CCCC3C12. The zero-order valence-corrected chi connectivity index (χ0v) is 14.2. The van der Waals surface area contributed by atoms with E-state index in [-0.39, 0.29) is 11.7 Å². The number of aromatic nitrogens is 1. The second-order valence-electron chi connectivity index (χ2n) is 8.07. The number of fused-ring (bicyclic) bond motifs is 4. The standard InChI is InChI=1S/C19H26N4O/c24-18-17-16-6-3-4-14(16)12-23(17)19(21-18)7-10-22(11-8-19)13-15-5-1-2-9-20-15/h1-2,5,9,14,16-17H,3-4,6-8,10-13H2,(H,21,24). The van der Waals surface area contributed by atoms with Gasteiger partial charge < -0.3 is 5.32 Å². The molecule has 1 amide bonds. The van der Waals surface area contributed by atoms with Crippen molar-refractivity contribution in [1.29, 1.82) is 0 Å². The van der Waals surface area contributed by atoms with Gasteiger partial charge in [-0.25, -0.2) is 0 Å². The van der Waals surface area contributed by atoms with Crippen molar-refractivity contribution in [2.75, 3.05) is 19.6 Å². The molecule has 5 rings (SSSR count). The van der Waals surface area contributed by atoms with Crippen LogP contribution in [0.15, 0.2) is 24.4 Å². The number of hydrogen-bond donors (Lipinski definition) is 1. The third-order valence-electron chi connectivity index (χ3n) is 6.86. The monoisotopic (exact) mass is 326 g/mol. The Hall–Kier alpha value is -1.46. The van der Waals surface area contributed by atoms with Crippen LogP contribution in [-0.4, -0.2) is 52.0 Å². The molecular formula is C19H26N4O. The molecule has 24 heavy (non-hydrogen) atoms. The number of carbonyl (C=O) groups is 1. The lowest BCUT2D eigenvalue weighted by Gasteiger charge is -2.44. The number of pyridine rings is 1. The fourth-order valence-electron chi connectivity index (χ4n) is 5.67. The second kappa shape index (κ2) is 5.53. The zero-order valence-electron chi connectivity index (χ0n) is 14.2. The average Bonchev–Trinajstić information content (AvgIpc) is 3.24. The van der Waals surface area contributed by atoms with Crippen LogP contribution in [0.1, 0.15) is 37.8 Å². The Bertz CT molecular complexity index is 626. The fraction of sp³-hybridized carbons (Fsp3) is 0.684. The normalized spacial score (nSPS) is 35.2. The summed E-state index contributed by atoms with van der Waals surface area (Å²) >= 11 is 0. The molecule has 1 aromatic rings. The summed E-state index contributed by atoms with van der Waals surface area (Å²) in [6.45, 7) is 4.12. The Morgan fingerprint density at radius 1 is 1.25 bits per heavy atom. The Morgan fingerprint density at radius 2 is 2.12 bits per heavy atom. The highest BCUT2D eigenvalue weighted by atomic mass is 16.2. The summed E-state index contributed by atoms with van der Waals surface area (Å²) < 4.78 is 0. The molecule has 4 aliphatic rings. The van der Waals surface area contributed by atoms with Crippen LogP contribution in [0.25, 0.3) is 0 Å². The average molecular weight is 326 g/mol. The van der Waals surface area contributed by atoms with Crippen LogP contribution >= 0.6 is 0 Å². The summed E-state index contributed by atoms with van der Waals surface area (Å²) in [5.41, 5.74) is 1.07. The number of nitrogens with one attached hydrogen (secondary N) is 1. The molecule has 1 aromatic heterocycles. The van der Waals surface area contributed by atoms with E-state index in [0.717, 1.165) is 50.6 Å². The smallest absolute Gasteiger partial charge is 0.239 e. The van der Waals surface area contributed by atoms with E-state index in [1.807, 2.05) is 12.3 Å². The Balaban J connectivity index is 1.28. The lowest BCUT2D eigenvalue weighted by Crippen LogP contribution is -2.58. The van der Waals surface area contributed by atoms with Gasteiger partial charge in [0.2, 0.25) is 5.91 Å². The number of piperidine rings is 1. The number of amides is 1. The van der Waals surface area contributed by atoms with Crippen LogP contribution in [-0.2, 0) is 11.3 Å². The molecule has 0 bridgehead atoms. The molecular weight excluding hydrogens is 300 g/mol. The Labute approximate surface area is 143 Å². The summed E-state index contributed by atoms with van der Waals surface area (Å²) in [6.07, 6.45) is 7.85. The van der Waals surface area contributed by atoms with Gasteiger partial charge in [0, 0.05) is 32.4 Å². The van der Waals surface area contributed by atoms with Crippen LogP contribution in [0, 0.1) is 11.8 Å². The first-order valence-corrected chi connectivity index (χ1v) is 9.46. The summed E-state index contributed by atoms with van der Waals surface area (Å²) in [4.78, 5) is 22.1. The zero-order chi connectivity index (χ0) is 16.1. The highest BCUT2D eigenvalue weighted by molar-refractivity contribution is 5.86. The molecule has 0 aromatic carbocycles. The van der Waals surface area contributed by atoms with E-state index in [9.17, 15) is 4.79 Å². The van der Waals surface area contributed by atoms with Crippen LogP contribution in [0.2, 0.25) is 0 Å². The molecule has 1 spiro atoms. The van der Waals surface area contributed by atoms with E-state index in [1.54, 1.807) is 0 Å². The van der Waals surface area contributed by atoms with Crippen LogP contribution in [0.3, 0.4) is 0 Å². The number of carbonyl (C=O) groups excluding carboxylic acids is 1. The van der Waals surface area contributed by atoms with Gasteiger partial charge in [0.25, 0.3) is 0 Å². The maximum atomic E-state index is 12.7. The van der Waals surface area contributed by atoms with Gasteiger partial charge in [-0.3, -0.25) is 19.6 Å². The molecule has 5 nitrogen and oxygen atoms in total. The van der Waals surface area contributed by atoms with Gasteiger partial charge in [0.05, 0.1) is 17.4 Å². The topological polar surface area (TPSA) is 48.5 Å². The third-order valence-corrected chi connectivity index (χ3v) is 6.86. The molecule has 3 unspecified atom stereocenters. The molecule has 1 saturated carbocycles. The minimum Gasteiger partial charge on any atom is -0.336 e. The molecule has 1 aliphatic carbocycles. The van der Waals surface area contributed by atoms with Gasteiger partial charge in [-0.15, -0.1) is 0 Å². The van der Waals surface area contributed by atoms with Gasteiger partial charge in [-0.1, -0.05) is 12.5 Å². The van der Waals surface area contributed by atoms with Gasteiger partial charge in [-0.2, -0.15) is 0 Å². The van der Waals surface area contributed by atoms with Gasteiger partial charge >= 0.3 is 0 Å². The molecule has 1 N–H and O–H groups in total. The first-order chi connectivity index (χ1) is 11.8. The van der Waals surface area contributed by atoms with Gasteiger partial charge in [0.1, 0.15) is 0 Å². The third kappa shape index (κ3) is 2.21. The second-order valence-corrected chi connectivity index (χ2v) is 8.07. The highest BCUT2D eigenvalue weighted by Gasteiger charge is 2.60. The van der Waals surface area contributed by atoms with Crippen molar-refractivity contribution >= 4 is 5.91 Å². The number of hydrogen-bond acceptors (Lipinski definition) is 4. The molecule has 3 aliphatic heterocycles. The van der Waals surface area contributed by atoms with Crippen LogP contribution < -0.4 is 5.32 Å². The van der Waals surface area contributed by atoms with Crippen LogP contribution in [0.4, 0.5) is 0 Å². The molecule has 4 fully saturated rings. The van der Waals surface area contributed by atoms with E-state index >= 15 is 0 Å². The largest absolute Gasteiger partial charge is 0.336 e. The van der Waals surface area contributed by atoms with Crippen molar-refractivity contribution < 1.29 is 4.79 Å². The Kier molecular flexibility index (Phi) is 3.42. The lowest BCUT2D eigenvalue weighted by molar-refractivity contribution is -0.122. The van der Waals surface area contributed by atoms with Crippen molar-refractivity contribution in [2.24, 2.45) is 11.8 Å². The summed E-state index contributed by atoms with van der Waals surface area (Å²) in [5, 5.41) is 3.41. The first-order valence-electron chi connectivity index (χ1n) is 9.46. The van der Waals surface area contributed by atoms with Crippen molar-refractivity contribution in [3.8, 4) is 0 Å². The number of nitrogens with zero attached hydrogens (tertiary/aromatic N) is 3. The van der Waals surface area contributed by atoms with Gasteiger partial charge in [0.15, 0.2) is 0 Å². The van der Waals surface area contributed by atoms with E-state index in [0.29, 0.717) is 11.8 Å². The number of rotatable bonds is 2. The molecule has 5 heteroatoms. The highest BCUT2D eigenvalue weighted by Crippen LogP contribution is 2.49. The minimum atomic E-state index is -0.0628. The van der Waals surface area contributed by atoms with Crippen LogP contribution in [0.5, 0.6) is 0 Å². The summed E-state index contributed by atoms with van der Waals surface area (Å²) in [6, 6.07) is 6.28. The van der Waals surface area contributed by atoms with E-state index in [1.165, 1.54) is 19.3 Å². The predicted octanol–water partition coefficient (Wildman–Crippen LogP) is 1.60. The van der Waals surface area contributed by atoms with Crippen molar-refractivity contribution in [2.45, 2.75) is 50.4 Å². The maximum absolute atomic E-state index is 12.7. The lowest BCUT2D eigenvalue weighted by atomic mass is 9.94. The quantitative estimate of drug-likeness (QED) is 0.897. The van der Waals surface area contributed by atoms with E-state index in [4.69, 9.17) is 0 Å². The number of likely N-dealkylation sites (tertiary alicyclic amines) is 1. The van der Waals surface area contributed by atoms with E-state index in [2.05, 4.69) is 32.2 Å². The minimum absolute atomic E-state index is 0.0628. The maximum Gasteiger partial charge on any atom is 0.239 e. The predicted molar refractivity (Wildman–Crippen MR) is 90.9 cm³/mol. The summed E-state index contributed by atoms with van der Waals surface area (Å²) in [5.74, 6) is 1.70. The fourth-order valence-corrected chi connectivity index (χ4v) is 5.67. The molecule has 3 atom stereocenters. The molecule has 3 saturated heterocycles. The molecule has 128 valence electrons. The molecule has 0 radical (unpaired) electrons. The van der Waals surface area contributed by atoms with Crippen molar-refractivity contribution in [3.05, 3.63) is 30.1 Å². The summed E-state index contributed by atoms with van der Waals surface area (Å²) in [7, 11) is 0. The van der Waals surface area contributed by atoms with Crippen molar-refractivity contribution in [1.82, 2.24) is 20.1 Å². The van der Waals surface area contributed by atoms with Gasteiger partial charge in [-0.05, 0) is 49.7 Å². The van der Waals surface area contributed by atoms with Crippen molar-refractivity contribution in [3.63, 3.8) is 0 Å². The van der Waals surface area contributed by atoms with E-state index < -0.39 is 0 Å². The first kappa shape index (κ1) is 14.8. The molecule has 4 heterocycles.